The van der Waals surface area contributed by atoms with Gasteiger partial charge in [0, 0.05) is 17.5 Å². The molecule has 2 aromatic carbocycles. The smallest absolute Gasteiger partial charge is 0.160 e. The van der Waals surface area contributed by atoms with E-state index in [9.17, 15) is 4.79 Å². The molecule has 0 fully saturated rings. The van der Waals surface area contributed by atoms with E-state index >= 15 is 0 Å². The second-order valence-electron chi connectivity index (χ2n) is 7.85. The Morgan fingerprint density at radius 2 is 1.55 bits per heavy atom. The van der Waals surface area contributed by atoms with Gasteiger partial charge in [0.25, 0.3) is 0 Å². The molecule has 0 aliphatic carbocycles. The van der Waals surface area contributed by atoms with Crippen LogP contribution in [0.3, 0.4) is 0 Å². The van der Waals surface area contributed by atoms with Gasteiger partial charge in [-0.15, -0.1) is 0 Å². The van der Waals surface area contributed by atoms with Crippen molar-refractivity contribution >= 4 is 5.78 Å². The van der Waals surface area contributed by atoms with Crippen LogP contribution in [0.1, 0.15) is 99.7 Å². The first-order chi connectivity index (χ1) is 14.1. The number of hydrogen-bond acceptors (Lipinski definition) is 1. The van der Waals surface area contributed by atoms with Crippen molar-refractivity contribution in [3.05, 3.63) is 58.7 Å². The van der Waals surface area contributed by atoms with Crippen molar-refractivity contribution in [1.82, 2.24) is 0 Å². The first-order valence-corrected chi connectivity index (χ1v) is 11.4. The fraction of sp³-hybridized carbons (Fsp3) is 0.464. The Balaban J connectivity index is 2.75. The molecule has 0 spiro atoms. The molecule has 0 amide bonds. The molecule has 0 bridgehead atoms. The van der Waals surface area contributed by atoms with Gasteiger partial charge in [-0.1, -0.05) is 82.2 Å². The Labute approximate surface area is 177 Å². The lowest BCUT2D eigenvalue weighted by Crippen LogP contribution is -2.09. The lowest BCUT2D eigenvalue weighted by molar-refractivity contribution is 0.101. The molecule has 2 aromatic rings. The van der Waals surface area contributed by atoms with Gasteiger partial charge in [0.15, 0.2) is 5.78 Å². The van der Waals surface area contributed by atoms with Crippen LogP contribution in [0.2, 0.25) is 0 Å². The molecule has 0 heterocycles. The molecule has 0 saturated heterocycles. The van der Waals surface area contributed by atoms with Crippen LogP contribution < -0.4 is 0 Å². The number of hydrogen-bond donors (Lipinski definition) is 0. The molecular formula is C28H36O. The predicted octanol–water partition coefficient (Wildman–Crippen LogP) is 7.78. The zero-order valence-electron chi connectivity index (χ0n) is 18.7. The molecule has 0 aliphatic rings. The molecule has 0 aliphatic heterocycles. The van der Waals surface area contributed by atoms with Crippen molar-refractivity contribution in [3.63, 3.8) is 0 Å². The third-order valence-electron chi connectivity index (χ3n) is 5.40. The van der Waals surface area contributed by atoms with E-state index < -0.39 is 0 Å². The predicted molar refractivity (Wildman–Crippen MR) is 126 cm³/mol. The van der Waals surface area contributed by atoms with Crippen molar-refractivity contribution < 1.29 is 4.79 Å². The summed E-state index contributed by atoms with van der Waals surface area (Å²) in [6, 6.07) is 12.6. The maximum Gasteiger partial charge on any atom is 0.160 e. The second-order valence-corrected chi connectivity index (χ2v) is 7.85. The summed E-state index contributed by atoms with van der Waals surface area (Å²) in [5.41, 5.74) is 6.70. The largest absolute Gasteiger partial charge is 0.294 e. The highest BCUT2D eigenvalue weighted by atomic mass is 16.1. The highest BCUT2D eigenvalue weighted by molar-refractivity contribution is 6.03. The maximum absolute atomic E-state index is 12.8. The second kappa shape index (κ2) is 12.3. The molecule has 154 valence electrons. The molecular weight excluding hydrogens is 352 g/mol. The van der Waals surface area contributed by atoms with Gasteiger partial charge >= 0.3 is 0 Å². The van der Waals surface area contributed by atoms with E-state index in [4.69, 9.17) is 0 Å². The topological polar surface area (TPSA) is 17.1 Å². The van der Waals surface area contributed by atoms with E-state index in [1.807, 2.05) is 6.07 Å². The van der Waals surface area contributed by atoms with Crippen molar-refractivity contribution in [2.45, 2.75) is 85.5 Å². The summed E-state index contributed by atoms with van der Waals surface area (Å²) in [6.45, 7) is 8.34. The zero-order chi connectivity index (χ0) is 21.1. The van der Waals surface area contributed by atoms with Gasteiger partial charge in [-0.25, -0.2) is 0 Å². The van der Waals surface area contributed by atoms with Crippen molar-refractivity contribution in [2.75, 3.05) is 0 Å². The summed E-state index contributed by atoms with van der Waals surface area (Å²) in [7, 11) is 0. The lowest BCUT2D eigenvalue weighted by atomic mass is 9.83. The van der Waals surface area contributed by atoms with Gasteiger partial charge in [0.05, 0.1) is 0 Å². The van der Waals surface area contributed by atoms with Crippen LogP contribution >= 0.6 is 0 Å². The zero-order valence-corrected chi connectivity index (χ0v) is 18.7. The molecule has 1 heteroatoms. The number of unbranched alkanes of at least 4 members (excludes halogenated alkanes) is 4. The SMILES string of the molecule is CCCCC#Cc1c(CCCC)cc(-c2ccccc2)c(C(C)=O)c1CCCC. The van der Waals surface area contributed by atoms with E-state index in [0.717, 1.165) is 80.0 Å². The number of carbonyl (C=O) groups excluding carboxylic acids is 1. The fourth-order valence-electron chi connectivity index (χ4n) is 3.79. The van der Waals surface area contributed by atoms with Crippen LogP contribution in [0.5, 0.6) is 0 Å². The average molecular weight is 389 g/mol. The van der Waals surface area contributed by atoms with Crippen LogP contribution in [0.15, 0.2) is 36.4 Å². The van der Waals surface area contributed by atoms with E-state index in [0.29, 0.717) is 0 Å². The minimum atomic E-state index is 0.147. The van der Waals surface area contributed by atoms with Gasteiger partial charge in [-0.05, 0) is 67.3 Å². The summed E-state index contributed by atoms with van der Waals surface area (Å²) >= 11 is 0. The van der Waals surface area contributed by atoms with Crippen LogP contribution in [-0.2, 0) is 12.8 Å². The minimum Gasteiger partial charge on any atom is -0.294 e. The molecule has 0 radical (unpaired) electrons. The van der Waals surface area contributed by atoms with E-state index in [1.54, 1.807) is 6.92 Å². The number of aryl methyl sites for hydroxylation is 1. The normalized spacial score (nSPS) is 10.5. The monoisotopic (exact) mass is 388 g/mol. The van der Waals surface area contributed by atoms with Crippen LogP contribution in [0.4, 0.5) is 0 Å². The Morgan fingerprint density at radius 3 is 2.17 bits per heavy atom. The first kappa shape index (κ1) is 23.0. The minimum absolute atomic E-state index is 0.147. The van der Waals surface area contributed by atoms with E-state index in [-0.39, 0.29) is 5.78 Å². The summed E-state index contributed by atoms with van der Waals surface area (Å²) in [4.78, 5) is 12.8. The number of benzene rings is 2. The molecule has 0 atom stereocenters. The Kier molecular flexibility index (Phi) is 9.72. The molecule has 0 N–H and O–H groups in total. The molecule has 0 aromatic heterocycles. The average Bonchev–Trinajstić information content (AvgIpc) is 2.74. The van der Waals surface area contributed by atoms with E-state index in [2.05, 4.69) is 62.9 Å². The van der Waals surface area contributed by atoms with Gasteiger partial charge in [0.1, 0.15) is 0 Å². The van der Waals surface area contributed by atoms with Gasteiger partial charge in [-0.3, -0.25) is 4.79 Å². The molecule has 0 saturated carbocycles. The number of rotatable bonds is 10. The Morgan fingerprint density at radius 1 is 0.897 bits per heavy atom. The summed E-state index contributed by atoms with van der Waals surface area (Å²) in [5, 5.41) is 0. The van der Waals surface area contributed by atoms with Gasteiger partial charge in [-0.2, -0.15) is 0 Å². The number of Topliss-reactive ketones (excluding diaryl/α,β-unsaturated/α-hetero) is 1. The van der Waals surface area contributed by atoms with Gasteiger partial charge < -0.3 is 0 Å². The number of carbonyl (C=O) groups is 1. The third-order valence-corrected chi connectivity index (χ3v) is 5.40. The third kappa shape index (κ3) is 6.33. The summed E-state index contributed by atoms with van der Waals surface area (Å²) in [6.07, 6.45) is 9.64. The molecule has 1 nitrogen and oxygen atoms in total. The number of ketones is 1. The van der Waals surface area contributed by atoms with Crippen LogP contribution in [0.25, 0.3) is 11.1 Å². The standard InChI is InChI=1S/C28H36O/c1-5-8-11-15-20-25-24(16-9-6-2)21-27(23-17-13-12-14-18-23)28(22(4)29)26(25)19-10-7-3/h12-14,17-18,21H,5-11,16,19H2,1-4H3. The van der Waals surface area contributed by atoms with Crippen molar-refractivity contribution in [2.24, 2.45) is 0 Å². The van der Waals surface area contributed by atoms with Gasteiger partial charge in [0.2, 0.25) is 0 Å². The lowest BCUT2D eigenvalue weighted by Gasteiger charge is -2.19. The summed E-state index contributed by atoms with van der Waals surface area (Å²) < 4.78 is 0. The summed E-state index contributed by atoms with van der Waals surface area (Å²) in [5.74, 6) is 7.05. The fourth-order valence-corrected chi connectivity index (χ4v) is 3.79. The highest BCUT2D eigenvalue weighted by Gasteiger charge is 2.20. The first-order valence-electron chi connectivity index (χ1n) is 11.4. The van der Waals surface area contributed by atoms with Crippen molar-refractivity contribution in [3.8, 4) is 23.0 Å². The Hall–Kier alpha value is -2.33. The maximum atomic E-state index is 12.8. The molecule has 29 heavy (non-hydrogen) atoms. The van der Waals surface area contributed by atoms with Crippen molar-refractivity contribution in [1.29, 1.82) is 0 Å². The Bertz CT molecular complexity index is 849. The molecule has 2 rings (SSSR count). The quantitative estimate of drug-likeness (QED) is 0.231. The highest BCUT2D eigenvalue weighted by Crippen LogP contribution is 2.33. The van der Waals surface area contributed by atoms with E-state index in [1.165, 1.54) is 11.1 Å². The van der Waals surface area contributed by atoms with Crippen LogP contribution in [0, 0.1) is 11.8 Å². The molecule has 0 unspecified atom stereocenters. The van der Waals surface area contributed by atoms with Crippen LogP contribution in [-0.4, -0.2) is 5.78 Å².